The predicted molar refractivity (Wildman–Crippen MR) is 60.8 cm³/mol. The second-order valence-electron chi connectivity index (χ2n) is 5.19. The van der Waals surface area contributed by atoms with E-state index in [1.807, 2.05) is 20.9 Å². The first-order chi connectivity index (χ1) is 7.00. The largest absolute Gasteiger partial charge is 0.481 e. The summed E-state index contributed by atoms with van der Waals surface area (Å²) in [5.41, 5.74) is -0.670. The van der Waals surface area contributed by atoms with Crippen LogP contribution in [0.25, 0.3) is 0 Å². The standard InChI is InChI=1S/C12H23NO2/c1-12(2,11(14)15)10(13-3)9-7-5-4-6-8-9/h9-10,13H,4-8H2,1-3H3,(H,14,15). The molecule has 1 aliphatic rings. The minimum Gasteiger partial charge on any atom is -0.481 e. The van der Waals surface area contributed by atoms with E-state index in [9.17, 15) is 9.90 Å². The molecule has 0 aliphatic heterocycles. The van der Waals surface area contributed by atoms with E-state index < -0.39 is 11.4 Å². The van der Waals surface area contributed by atoms with Gasteiger partial charge >= 0.3 is 5.97 Å². The first kappa shape index (κ1) is 12.5. The summed E-state index contributed by atoms with van der Waals surface area (Å²) in [6.07, 6.45) is 6.14. The summed E-state index contributed by atoms with van der Waals surface area (Å²) in [6.45, 7) is 3.65. The summed E-state index contributed by atoms with van der Waals surface area (Å²) in [7, 11) is 1.88. The van der Waals surface area contributed by atoms with Gasteiger partial charge in [-0.15, -0.1) is 0 Å². The van der Waals surface area contributed by atoms with Gasteiger partial charge in [0.15, 0.2) is 0 Å². The van der Waals surface area contributed by atoms with Gasteiger partial charge in [0.2, 0.25) is 0 Å². The first-order valence-electron chi connectivity index (χ1n) is 5.90. The molecule has 1 rings (SSSR count). The molecule has 3 nitrogen and oxygen atoms in total. The lowest BCUT2D eigenvalue weighted by atomic mass is 9.72. The van der Waals surface area contributed by atoms with Crippen molar-refractivity contribution >= 4 is 5.97 Å². The zero-order valence-corrected chi connectivity index (χ0v) is 10.0. The van der Waals surface area contributed by atoms with Gasteiger partial charge in [0.05, 0.1) is 5.41 Å². The normalized spacial score (nSPS) is 21.3. The molecule has 0 bridgehead atoms. The zero-order valence-electron chi connectivity index (χ0n) is 10.0. The van der Waals surface area contributed by atoms with Crippen LogP contribution in [0.15, 0.2) is 0 Å². The number of carbonyl (C=O) groups is 1. The maximum Gasteiger partial charge on any atom is 0.310 e. The highest BCUT2D eigenvalue weighted by Crippen LogP contribution is 2.34. The topological polar surface area (TPSA) is 49.3 Å². The highest BCUT2D eigenvalue weighted by Gasteiger charge is 2.40. The fourth-order valence-corrected chi connectivity index (χ4v) is 2.79. The van der Waals surface area contributed by atoms with Crippen LogP contribution in [-0.2, 0) is 4.79 Å². The van der Waals surface area contributed by atoms with Gasteiger partial charge in [-0.2, -0.15) is 0 Å². The maximum atomic E-state index is 11.2. The Balaban J connectivity index is 2.72. The molecule has 0 radical (unpaired) electrons. The van der Waals surface area contributed by atoms with Crippen LogP contribution in [0.4, 0.5) is 0 Å². The number of hydrogen-bond donors (Lipinski definition) is 2. The van der Waals surface area contributed by atoms with Crippen molar-refractivity contribution in [3.8, 4) is 0 Å². The monoisotopic (exact) mass is 213 g/mol. The molecule has 15 heavy (non-hydrogen) atoms. The fraction of sp³-hybridized carbons (Fsp3) is 0.917. The lowest BCUT2D eigenvalue weighted by Gasteiger charge is -2.38. The third-order valence-corrected chi connectivity index (χ3v) is 3.76. The van der Waals surface area contributed by atoms with Crippen molar-refractivity contribution in [2.75, 3.05) is 7.05 Å². The van der Waals surface area contributed by atoms with Gasteiger partial charge in [0.1, 0.15) is 0 Å². The molecule has 0 aromatic carbocycles. The molecular formula is C12H23NO2. The Bertz CT molecular complexity index is 220. The van der Waals surface area contributed by atoms with E-state index in [0.717, 1.165) is 0 Å². The number of carboxylic acids is 1. The number of rotatable bonds is 4. The van der Waals surface area contributed by atoms with Crippen LogP contribution < -0.4 is 5.32 Å². The average molecular weight is 213 g/mol. The molecule has 0 heterocycles. The molecule has 1 saturated carbocycles. The number of carboxylic acid groups (broad SMARTS) is 1. The van der Waals surface area contributed by atoms with Gasteiger partial charge in [-0.25, -0.2) is 0 Å². The molecule has 0 spiro atoms. The highest BCUT2D eigenvalue weighted by molar-refractivity contribution is 5.74. The van der Waals surface area contributed by atoms with Crippen molar-refractivity contribution in [1.82, 2.24) is 5.32 Å². The summed E-state index contributed by atoms with van der Waals surface area (Å²) in [5, 5.41) is 12.4. The summed E-state index contributed by atoms with van der Waals surface area (Å²) in [5.74, 6) is -0.178. The summed E-state index contributed by atoms with van der Waals surface area (Å²) in [6, 6.07) is 0.0929. The van der Waals surface area contributed by atoms with E-state index in [2.05, 4.69) is 5.32 Å². The van der Waals surface area contributed by atoms with Gasteiger partial charge < -0.3 is 10.4 Å². The molecule has 0 amide bonds. The molecule has 1 fully saturated rings. The van der Waals surface area contributed by atoms with Gasteiger partial charge in [-0.05, 0) is 39.7 Å². The Morgan fingerprint density at radius 1 is 1.33 bits per heavy atom. The van der Waals surface area contributed by atoms with Crippen molar-refractivity contribution in [1.29, 1.82) is 0 Å². The molecular weight excluding hydrogens is 190 g/mol. The molecule has 3 heteroatoms. The molecule has 88 valence electrons. The average Bonchev–Trinajstić information content (AvgIpc) is 2.19. The van der Waals surface area contributed by atoms with Crippen LogP contribution >= 0.6 is 0 Å². The first-order valence-corrected chi connectivity index (χ1v) is 5.90. The molecule has 1 unspecified atom stereocenters. The highest BCUT2D eigenvalue weighted by atomic mass is 16.4. The number of nitrogens with one attached hydrogen (secondary N) is 1. The molecule has 0 aromatic heterocycles. The Morgan fingerprint density at radius 3 is 2.27 bits per heavy atom. The van der Waals surface area contributed by atoms with Gasteiger partial charge in [0.25, 0.3) is 0 Å². The second-order valence-corrected chi connectivity index (χ2v) is 5.19. The van der Waals surface area contributed by atoms with Crippen molar-refractivity contribution < 1.29 is 9.90 Å². The predicted octanol–water partition coefficient (Wildman–Crippen LogP) is 2.27. The van der Waals surface area contributed by atoms with Crippen LogP contribution in [-0.4, -0.2) is 24.2 Å². The van der Waals surface area contributed by atoms with Crippen LogP contribution in [0.3, 0.4) is 0 Å². The second kappa shape index (κ2) is 4.97. The molecule has 1 aliphatic carbocycles. The summed E-state index contributed by atoms with van der Waals surface area (Å²) >= 11 is 0. The lowest BCUT2D eigenvalue weighted by molar-refractivity contribution is -0.149. The van der Waals surface area contributed by atoms with Gasteiger partial charge in [0, 0.05) is 6.04 Å². The summed E-state index contributed by atoms with van der Waals surface area (Å²) < 4.78 is 0. The van der Waals surface area contributed by atoms with E-state index in [0.29, 0.717) is 5.92 Å². The van der Waals surface area contributed by atoms with E-state index in [-0.39, 0.29) is 6.04 Å². The van der Waals surface area contributed by atoms with Gasteiger partial charge in [-0.3, -0.25) is 4.79 Å². The zero-order chi connectivity index (χ0) is 11.5. The molecule has 0 aromatic rings. The van der Waals surface area contributed by atoms with Crippen LogP contribution in [0.2, 0.25) is 0 Å². The Morgan fingerprint density at radius 2 is 1.87 bits per heavy atom. The quantitative estimate of drug-likeness (QED) is 0.753. The molecule has 0 saturated heterocycles. The van der Waals surface area contributed by atoms with Crippen molar-refractivity contribution in [3.05, 3.63) is 0 Å². The van der Waals surface area contributed by atoms with Gasteiger partial charge in [-0.1, -0.05) is 19.3 Å². The minimum atomic E-state index is -0.701. The van der Waals surface area contributed by atoms with Crippen molar-refractivity contribution in [3.63, 3.8) is 0 Å². The third-order valence-electron chi connectivity index (χ3n) is 3.76. The Hall–Kier alpha value is -0.570. The third kappa shape index (κ3) is 2.71. The number of aliphatic carboxylic acids is 1. The summed E-state index contributed by atoms with van der Waals surface area (Å²) in [4.78, 5) is 11.2. The smallest absolute Gasteiger partial charge is 0.310 e. The van der Waals surface area contributed by atoms with Crippen LogP contribution in [0.1, 0.15) is 46.0 Å². The van der Waals surface area contributed by atoms with Crippen LogP contribution in [0, 0.1) is 11.3 Å². The van der Waals surface area contributed by atoms with Crippen molar-refractivity contribution in [2.24, 2.45) is 11.3 Å². The number of hydrogen-bond acceptors (Lipinski definition) is 2. The lowest BCUT2D eigenvalue weighted by Crippen LogP contribution is -2.50. The minimum absolute atomic E-state index is 0.0929. The Kier molecular flexibility index (Phi) is 4.14. The Labute approximate surface area is 92.3 Å². The SMILES string of the molecule is CNC(C1CCCCC1)C(C)(C)C(=O)O. The molecule has 2 N–H and O–H groups in total. The van der Waals surface area contributed by atoms with E-state index >= 15 is 0 Å². The van der Waals surface area contributed by atoms with Crippen molar-refractivity contribution in [2.45, 2.75) is 52.0 Å². The fourth-order valence-electron chi connectivity index (χ4n) is 2.79. The maximum absolute atomic E-state index is 11.2. The van der Waals surface area contributed by atoms with E-state index in [1.54, 1.807) is 0 Å². The van der Waals surface area contributed by atoms with E-state index in [1.165, 1.54) is 32.1 Å². The van der Waals surface area contributed by atoms with E-state index in [4.69, 9.17) is 0 Å². The van der Waals surface area contributed by atoms with Crippen LogP contribution in [0.5, 0.6) is 0 Å². The molecule has 1 atom stereocenters.